The number of hydrogen-bond donors (Lipinski definition) is 2. The fraction of sp³-hybridized carbons (Fsp3) is 0.667. The molecular weight excluding hydrogens is 358 g/mol. The van der Waals surface area contributed by atoms with E-state index in [1.165, 1.54) is 38.3 Å². The first-order valence-electron chi connectivity index (χ1n) is 10.3. The molecule has 1 aliphatic heterocycles. The van der Waals surface area contributed by atoms with Gasteiger partial charge in [0.2, 0.25) is 0 Å². The van der Waals surface area contributed by atoms with Gasteiger partial charge in [0.05, 0.1) is 0 Å². The molecule has 1 aromatic rings. The van der Waals surface area contributed by atoms with Gasteiger partial charge in [-0.05, 0) is 37.4 Å². The minimum absolute atomic E-state index is 0.553. The lowest BCUT2D eigenvalue weighted by atomic mass is 10.1. The number of nitrogens with one attached hydrogen (secondary N) is 2. The first-order valence-corrected chi connectivity index (χ1v) is 10.7. The summed E-state index contributed by atoms with van der Waals surface area (Å²) in [5.41, 5.74) is 1.17. The van der Waals surface area contributed by atoms with Gasteiger partial charge in [0, 0.05) is 57.4 Å². The van der Waals surface area contributed by atoms with Crippen LogP contribution < -0.4 is 10.6 Å². The van der Waals surface area contributed by atoms with Crippen molar-refractivity contribution in [1.82, 2.24) is 20.4 Å². The Bertz CT molecular complexity index is 569. The van der Waals surface area contributed by atoms with E-state index in [-0.39, 0.29) is 0 Å². The van der Waals surface area contributed by atoms with Crippen molar-refractivity contribution in [2.45, 2.75) is 27.2 Å². The number of benzene rings is 1. The fourth-order valence-electron chi connectivity index (χ4n) is 3.39. The van der Waals surface area contributed by atoms with Crippen LogP contribution in [-0.2, 0) is 6.42 Å². The quantitative estimate of drug-likeness (QED) is 0.500. The highest BCUT2D eigenvalue weighted by Crippen LogP contribution is 2.14. The summed E-state index contributed by atoms with van der Waals surface area (Å²) in [6.45, 7) is 16.2. The average Bonchev–Trinajstić information content (AvgIpc) is 2.68. The molecule has 0 radical (unpaired) electrons. The van der Waals surface area contributed by atoms with Crippen LogP contribution in [0.4, 0.5) is 0 Å². The van der Waals surface area contributed by atoms with Crippen molar-refractivity contribution in [2.24, 2.45) is 10.9 Å². The predicted molar refractivity (Wildman–Crippen MR) is 117 cm³/mol. The molecule has 0 spiro atoms. The number of aliphatic imine (C=N–C) groups is 1. The van der Waals surface area contributed by atoms with Gasteiger partial charge in [-0.2, -0.15) is 0 Å². The lowest BCUT2D eigenvalue weighted by molar-refractivity contribution is 0.125. The van der Waals surface area contributed by atoms with Gasteiger partial charge < -0.3 is 20.4 Å². The summed E-state index contributed by atoms with van der Waals surface area (Å²) in [5, 5.41) is 7.60. The van der Waals surface area contributed by atoms with Crippen LogP contribution in [0.1, 0.15) is 26.3 Å². The molecule has 1 unspecified atom stereocenters. The van der Waals surface area contributed by atoms with Crippen LogP contribution in [0.25, 0.3) is 0 Å². The summed E-state index contributed by atoms with van der Waals surface area (Å²) in [4.78, 5) is 9.88. The SMILES string of the molecule is CCNC(=NCC(C)CN1CCN(CC)CC1)NCCc1ccccc1Cl. The molecule has 152 valence electrons. The van der Waals surface area contributed by atoms with Crippen molar-refractivity contribution >= 4 is 17.6 Å². The third kappa shape index (κ3) is 8.08. The summed E-state index contributed by atoms with van der Waals surface area (Å²) in [7, 11) is 0. The Morgan fingerprint density at radius 1 is 1.11 bits per heavy atom. The molecule has 6 heteroatoms. The second-order valence-corrected chi connectivity index (χ2v) is 7.74. The van der Waals surface area contributed by atoms with Gasteiger partial charge in [0.25, 0.3) is 0 Å². The Morgan fingerprint density at radius 3 is 2.48 bits per heavy atom. The van der Waals surface area contributed by atoms with Crippen LogP contribution in [0.15, 0.2) is 29.3 Å². The zero-order valence-electron chi connectivity index (χ0n) is 17.2. The summed E-state index contributed by atoms with van der Waals surface area (Å²) in [5.74, 6) is 1.45. The van der Waals surface area contributed by atoms with E-state index in [4.69, 9.17) is 16.6 Å². The molecule has 5 nitrogen and oxygen atoms in total. The topological polar surface area (TPSA) is 42.9 Å². The highest BCUT2D eigenvalue weighted by molar-refractivity contribution is 6.31. The lowest BCUT2D eigenvalue weighted by Crippen LogP contribution is -2.47. The van der Waals surface area contributed by atoms with Crippen molar-refractivity contribution in [3.05, 3.63) is 34.9 Å². The summed E-state index contributed by atoms with van der Waals surface area (Å²) in [6, 6.07) is 8.02. The van der Waals surface area contributed by atoms with Crippen LogP contribution in [-0.4, -0.2) is 74.7 Å². The van der Waals surface area contributed by atoms with Gasteiger partial charge in [0.15, 0.2) is 5.96 Å². The summed E-state index contributed by atoms with van der Waals surface area (Å²) < 4.78 is 0. The largest absolute Gasteiger partial charge is 0.357 e. The maximum absolute atomic E-state index is 6.23. The van der Waals surface area contributed by atoms with Crippen LogP contribution in [0.5, 0.6) is 0 Å². The molecular formula is C21H36ClN5. The molecule has 0 bridgehead atoms. The normalized spacial score (nSPS) is 17.7. The first-order chi connectivity index (χ1) is 13.1. The third-order valence-electron chi connectivity index (χ3n) is 5.03. The van der Waals surface area contributed by atoms with Gasteiger partial charge in [0.1, 0.15) is 0 Å². The Labute approximate surface area is 170 Å². The predicted octanol–water partition coefficient (Wildman–Crippen LogP) is 2.71. The lowest BCUT2D eigenvalue weighted by Gasteiger charge is -2.35. The van der Waals surface area contributed by atoms with Crippen molar-refractivity contribution in [3.8, 4) is 0 Å². The molecule has 0 amide bonds. The third-order valence-corrected chi connectivity index (χ3v) is 5.40. The zero-order valence-corrected chi connectivity index (χ0v) is 17.9. The Balaban J connectivity index is 1.74. The molecule has 0 aromatic heterocycles. The van der Waals surface area contributed by atoms with Crippen LogP contribution in [0.2, 0.25) is 5.02 Å². The number of hydrogen-bond acceptors (Lipinski definition) is 3. The number of rotatable bonds is 9. The minimum Gasteiger partial charge on any atom is -0.357 e. The molecule has 1 saturated heterocycles. The van der Waals surface area contributed by atoms with E-state index in [0.29, 0.717) is 5.92 Å². The van der Waals surface area contributed by atoms with Gasteiger partial charge in [-0.3, -0.25) is 4.99 Å². The molecule has 1 atom stereocenters. The second-order valence-electron chi connectivity index (χ2n) is 7.33. The van der Waals surface area contributed by atoms with E-state index >= 15 is 0 Å². The molecule has 2 N–H and O–H groups in total. The van der Waals surface area contributed by atoms with Crippen molar-refractivity contribution in [1.29, 1.82) is 0 Å². The van der Waals surface area contributed by atoms with Gasteiger partial charge in [-0.1, -0.05) is 43.6 Å². The second kappa shape index (κ2) is 12.2. The first kappa shape index (κ1) is 22.0. The Morgan fingerprint density at radius 2 is 1.81 bits per heavy atom. The average molecular weight is 394 g/mol. The van der Waals surface area contributed by atoms with E-state index in [1.807, 2.05) is 18.2 Å². The van der Waals surface area contributed by atoms with E-state index < -0.39 is 0 Å². The molecule has 27 heavy (non-hydrogen) atoms. The summed E-state index contributed by atoms with van der Waals surface area (Å²) >= 11 is 6.23. The van der Waals surface area contributed by atoms with Crippen LogP contribution in [0, 0.1) is 5.92 Å². The number of guanidine groups is 1. The number of likely N-dealkylation sites (N-methyl/N-ethyl adjacent to an activating group) is 1. The van der Waals surface area contributed by atoms with E-state index in [0.717, 1.165) is 43.6 Å². The van der Waals surface area contributed by atoms with Gasteiger partial charge in [-0.15, -0.1) is 0 Å². The van der Waals surface area contributed by atoms with Crippen LogP contribution in [0.3, 0.4) is 0 Å². The Kier molecular flexibility index (Phi) is 9.95. The highest BCUT2D eigenvalue weighted by atomic mass is 35.5. The molecule has 0 aliphatic carbocycles. The maximum Gasteiger partial charge on any atom is 0.191 e. The smallest absolute Gasteiger partial charge is 0.191 e. The summed E-state index contributed by atoms with van der Waals surface area (Å²) in [6.07, 6.45) is 0.890. The fourth-order valence-corrected chi connectivity index (χ4v) is 3.62. The van der Waals surface area contributed by atoms with E-state index in [2.05, 4.69) is 47.3 Å². The molecule has 1 aliphatic rings. The monoisotopic (exact) mass is 393 g/mol. The maximum atomic E-state index is 6.23. The molecule has 1 fully saturated rings. The minimum atomic E-state index is 0.553. The Hall–Kier alpha value is -1.30. The number of nitrogens with zero attached hydrogens (tertiary/aromatic N) is 3. The number of halogens is 1. The van der Waals surface area contributed by atoms with Crippen LogP contribution >= 0.6 is 11.6 Å². The number of piperazine rings is 1. The standard InChI is InChI=1S/C21H36ClN5/c1-4-23-21(24-11-10-19-8-6-7-9-20(19)22)25-16-18(3)17-27-14-12-26(5-2)13-15-27/h6-9,18H,4-5,10-17H2,1-3H3,(H2,23,24,25). The molecule has 1 aromatic carbocycles. The van der Waals surface area contributed by atoms with E-state index in [9.17, 15) is 0 Å². The van der Waals surface area contributed by atoms with Crippen molar-refractivity contribution in [3.63, 3.8) is 0 Å². The highest BCUT2D eigenvalue weighted by Gasteiger charge is 2.17. The van der Waals surface area contributed by atoms with E-state index in [1.54, 1.807) is 0 Å². The molecule has 2 rings (SSSR count). The molecule has 0 saturated carbocycles. The van der Waals surface area contributed by atoms with Gasteiger partial charge >= 0.3 is 0 Å². The van der Waals surface area contributed by atoms with Gasteiger partial charge in [-0.25, -0.2) is 0 Å². The van der Waals surface area contributed by atoms with Crippen molar-refractivity contribution in [2.75, 3.05) is 58.9 Å². The zero-order chi connectivity index (χ0) is 19.5. The molecule has 1 heterocycles. The van der Waals surface area contributed by atoms with Crippen molar-refractivity contribution < 1.29 is 0 Å².